The van der Waals surface area contributed by atoms with Gasteiger partial charge in [0.05, 0.1) is 4.90 Å². The molecule has 2 heterocycles. The van der Waals surface area contributed by atoms with Crippen molar-refractivity contribution in [2.24, 2.45) is 0 Å². The van der Waals surface area contributed by atoms with Gasteiger partial charge >= 0.3 is 5.97 Å². The SMILES string of the molecule is O=C(O)C1CC(N2CCC2)CN1S(=O)(=O)c1cc(Cl)cc(Cl)c1. The minimum absolute atomic E-state index is 0.0609. The van der Waals surface area contributed by atoms with E-state index in [9.17, 15) is 18.3 Å². The Hall–Kier alpha value is -0.860. The summed E-state index contributed by atoms with van der Waals surface area (Å²) in [5.74, 6) is -1.13. The molecule has 2 fully saturated rings. The molecule has 0 spiro atoms. The highest BCUT2D eigenvalue weighted by Gasteiger charge is 2.46. The summed E-state index contributed by atoms with van der Waals surface area (Å²) in [6.07, 6.45) is 1.35. The molecule has 0 saturated carbocycles. The van der Waals surface area contributed by atoms with Crippen molar-refractivity contribution in [2.75, 3.05) is 19.6 Å². The van der Waals surface area contributed by atoms with E-state index in [4.69, 9.17) is 23.2 Å². The number of halogens is 2. The first-order valence-electron chi connectivity index (χ1n) is 7.24. The first kappa shape index (κ1) is 17.0. The number of hydrogen-bond donors (Lipinski definition) is 1. The Kier molecular flexibility index (Phi) is 4.59. The van der Waals surface area contributed by atoms with E-state index in [0.717, 1.165) is 23.8 Å². The summed E-state index contributed by atoms with van der Waals surface area (Å²) < 4.78 is 26.8. The average Bonchev–Trinajstić information content (AvgIpc) is 2.81. The van der Waals surface area contributed by atoms with E-state index in [-0.39, 0.29) is 27.5 Å². The normalized spacial score (nSPS) is 26.2. The Morgan fingerprint density at radius 1 is 1.17 bits per heavy atom. The van der Waals surface area contributed by atoms with Crippen molar-refractivity contribution in [3.05, 3.63) is 28.2 Å². The minimum atomic E-state index is -3.97. The Morgan fingerprint density at radius 3 is 2.26 bits per heavy atom. The molecule has 23 heavy (non-hydrogen) atoms. The summed E-state index contributed by atoms with van der Waals surface area (Å²) in [5, 5.41) is 9.81. The third kappa shape index (κ3) is 3.21. The Labute approximate surface area is 144 Å². The molecule has 6 nitrogen and oxygen atoms in total. The molecule has 9 heteroatoms. The Balaban J connectivity index is 1.94. The number of likely N-dealkylation sites (tertiary alicyclic amines) is 1. The van der Waals surface area contributed by atoms with Crippen LogP contribution in [0.4, 0.5) is 0 Å². The topological polar surface area (TPSA) is 77.9 Å². The number of carbonyl (C=O) groups is 1. The van der Waals surface area contributed by atoms with Gasteiger partial charge in [-0.1, -0.05) is 23.2 Å². The first-order valence-corrected chi connectivity index (χ1v) is 9.43. The highest BCUT2D eigenvalue weighted by molar-refractivity contribution is 7.89. The van der Waals surface area contributed by atoms with E-state index in [1.165, 1.54) is 18.2 Å². The van der Waals surface area contributed by atoms with E-state index < -0.39 is 22.0 Å². The fraction of sp³-hybridized carbons (Fsp3) is 0.500. The van der Waals surface area contributed by atoms with Crippen molar-refractivity contribution < 1.29 is 18.3 Å². The standard InChI is InChI=1S/C14H16Cl2N2O4S/c15-9-4-10(16)6-12(5-9)23(21,22)18-8-11(17-2-1-3-17)7-13(18)14(19)20/h4-6,11,13H,1-3,7-8H2,(H,19,20). The van der Waals surface area contributed by atoms with Crippen LogP contribution in [0.15, 0.2) is 23.1 Å². The lowest BCUT2D eigenvalue weighted by Crippen LogP contribution is -2.46. The summed E-state index contributed by atoms with van der Waals surface area (Å²) in [7, 11) is -3.97. The number of nitrogens with zero attached hydrogens (tertiary/aromatic N) is 2. The minimum Gasteiger partial charge on any atom is -0.480 e. The lowest BCUT2D eigenvalue weighted by Gasteiger charge is -2.36. The quantitative estimate of drug-likeness (QED) is 0.865. The third-order valence-corrected chi connectivity index (χ3v) is 6.66. The maximum atomic E-state index is 12.9. The predicted molar refractivity (Wildman–Crippen MR) is 86.4 cm³/mol. The highest BCUT2D eigenvalue weighted by atomic mass is 35.5. The van der Waals surface area contributed by atoms with Crippen molar-refractivity contribution in [1.82, 2.24) is 9.21 Å². The van der Waals surface area contributed by atoms with Crippen LogP contribution in [0.25, 0.3) is 0 Å². The van der Waals surface area contributed by atoms with E-state index in [2.05, 4.69) is 4.90 Å². The number of rotatable bonds is 4. The third-order valence-electron chi connectivity index (χ3n) is 4.37. The zero-order valence-electron chi connectivity index (χ0n) is 12.2. The van der Waals surface area contributed by atoms with Crippen LogP contribution in [-0.4, -0.2) is 60.4 Å². The van der Waals surface area contributed by atoms with Gasteiger partial charge in [-0.3, -0.25) is 9.69 Å². The second-order valence-corrected chi connectivity index (χ2v) is 8.58. The summed E-state index contributed by atoms with van der Waals surface area (Å²) in [5.41, 5.74) is 0. The molecule has 2 saturated heterocycles. The molecule has 2 atom stereocenters. The monoisotopic (exact) mass is 378 g/mol. The smallest absolute Gasteiger partial charge is 0.322 e. The summed E-state index contributed by atoms with van der Waals surface area (Å²) in [4.78, 5) is 13.6. The maximum Gasteiger partial charge on any atom is 0.322 e. The van der Waals surface area contributed by atoms with Gasteiger partial charge in [-0.05, 0) is 44.1 Å². The van der Waals surface area contributed by atoms with Crippen LogP contribution in [0.2, 0.25) is 10.0 Å². The zero-order valence-corrected chi connectivity index (χ0v) is 14.5. The Bertz CT molecular complexity index is 716. The van der Waals surface area contributed by atoms with E-state index >= 15 is 0 Å². The maximum absolute atomic E-state index is 12.9. The van der Waals surface area contributed by atoms with Gasteiger partial charge in [0.1, 0.15) is 6.04 Å². The molecule has 2 aliphatic heterocycles. The number of benzene rings is 1. The van der Waals surface area contributed by atoms with Crippen LogP contribution in [0.1, 0.15) is 12.8 Å². The largest absolute Gasteiger partial charge is 0.480 e. The lowest BCUT2D eigenvalue weighted by atomic mass is 10.1. The van der Waals surface area contributed by atoms with Gasteiger partial charge in [0.25, 0.3) is 0 Å². The number of aliphatic carboxylic acids is 1. The predicted octanol–water partition coefficient (Wildman–Crippen LogP) is 1.92. The second kappa shape index (κ2) is 6.22. The first-order chi connectivity index (χ1) is 10.8. The van der Waals surface area contributed by atoms with Gasteiger partial charge in [0, 0.05) is 22.6 Å². The van der Waals surface area contributed by atoms with Crippen molar-refractivity contribution in [3.63, 3.8) is 0 Å². The average molecular weight is 379 g/mol. The Morgan fingerprint density at radius 2 is 1.78 bits per heavy atom. The fourth-order valence-electron chi connectivity index (χ4n) is 3.06. The molecule has 2 aliphatic rings. The lowest BCUT2D eigenvalue weighted by molar-refractivity contribution is -0.140. The van der Waals surface area contributed by atoms with Crippen LogP contribution in [0.5, 0.6) is 0 Å². The van der Waals surface area contributed by atoms with Gasteiger partial charge in [-0.15, -0.1) is 0 Å². The van der Waals surface area contributed by atoms with Crippen LogP contribution in [0.3, 0.4) is 0 Å². The summed E-state index contributed by atoms with van der Waals surface area (Å²) in [6, 6.07) is 2.89. The zero-order chi connectivity index (χ0) is 16.8. The van der Waals surface area contributed by atoms with E-state index in [0.29, 0.717) is 6.42 Å². The molecule has 1 aromatic carbocycles. The number of hydrogen-bond acceptors (Lipinski definition) is 4. The number of sulfonamides is 1. The van der Waals surface area contributed by atoms with Crippen LogP contribution < -0.4 is 0 Å². The highest BCUT2D eigenvalue weighted by Crippen LogP contribution is 2.32. The summed E-state index contributed by atoms with van der Waals surface area (Å²) in [6.45, 7) is 1.94. The second-order valence-electron chi connectivity index (χ2n) is 5.81. The van der Waals surface area contributed by atoms with Crippen LogP contribution >= 0.6 is 23.2 Å². The molecule has 0 amide bonds. The van der Waals surface area contributed by atoms with Gasteiger partial charge in [-0.2, -0.15) is 4.31 Å². The molecular weight excluding hydrogens is 363 g/mol. The molecule has 1 aromatic rings. The van der Waals surface area contributed by atoms with Gasteiger partial charge in [0.15, 0.2) is 0 Å². The molecule has 1 N–H and O–H groups in total. The molecule has 0 aromatic heterocycles. The molecule has 2 unspecified atom stereocenters. The van der Waals surface area contributed by atoms with E-state index in [1.54, 1.807) is 0 Å². The van der Waals surface area contributed by atoms with Gasteiger partial charge < -0.3 is 5.11 Å². The van der Waals surface area contributed by atoms with Crippen LogP contribution in [0, 0.1) is 0 Å². The number of carboxylic acids is 1. The van der Waals surface area contributed by atoms with E-state index in [1.807, 2.05) is 0 Å². The molecular formula is C14H16Cl2N2O4S. The van der Waals surface area contributed by atoms with Gasteiger partial charge in [-0.25, -0.2) is 8.42 Å². The molecule has 0 bridgehead atoms. The van der Waals surface area contributed by atoms with Crippen LogP contribution in [-0.2, 0) is 14.8 Å². The van der Waals surface area contributed by atoms with Crippen molar-refractivity contribution in [3.8, 4) is 0 Å². The van der Waals surface area contributed by atoms with Crippen molar-refractivity contribution in [1.29, 1.82) is 0 Å². The summed E-state index contributed by atoms with van der Waals surface area (Å²) >= 11 is 11.8. The molecule has 3 rings (SSSR count). The fourth-order valence-corrected chi connectivity index (χ4v) is 5.42. The van der Waals surface area contributed by atoms with Crippen molar-refractivity contribution in [2.45, 2.75) is 29.8 Å². The molecule has 0 aliphatic carbocycles. The van der Waals surface area contributed by atoms with Crippen molar-refractivity contribution >= 4 is 39.2 Å². The molecule has 0 radical (unpaired) electrons. The number of carboxylic acid groups (broad SMARTS) is 1. The molecule has 126 valence electrons. The van der Waals surface area contributed by atoms with Gasteiger partial charge in [0.2, 0.25) is 10.0 Å².